The number of rotatable bonds is 3. The zero-order valence-corrected chi connectivity index (χ0v) is 9.88. The minimum Gasteiger partial charge on any atom is -0.361 e. The van der Waals surface area contributed by atoms with Crippen LogP contribution in [0.2, 0.25) is 0 Å². The maximum atomic E-state index is 8.82. The quantitative estimate of drug-likeness (QED) is 0.737. The lowest BCUT2D eigenvalue weighted by atomic mass is 9.70. The van der Waals surface area contributed by atoms with Gasteiger partial charge >= 0.3 is 0 Å². The molecule has 2 fully saturated rings. The molecule has 15 heavy (non-hydrogen) atoms. The smallest absolute Gasteiger partial charge is 0.156 e. The normalized spacial score (nSPS) is 30.5. The maximum Gasteiger partial charge on any atom is 0.156 e. The lowest BCUT2D eigenvalue weighted by Gasteiger charge is -2.45. The van der Waals surface area contributed by atoms with E-state index in [2.05, 4.69) is 23.6 Å². The third-order valence-electron chi connectivity index (χ3n) is 3.60. The Kier molecular flexibility index (Phi) is 3.55. The Morgan fingerprint density at radius 2 is 2.33 bits per heavy atom. The number of ether oxygens (including phenoxy) is 1. The molecule has 0 bridgehead atoms. The van der Waals surface area contributed by atoms with Crippen LogP contribution in [0.1, 0.15) is 19.3 Å². The van der Waals surface area contributed by atoms with Crippen LogP contribution in [-0.2, 0) is 4.74 Å². The molecule has 2 aliphatic rings. The standard InChI is InChI=1S/C11H18N2OS/c12-6-10-7-13(4-5-14-10)8-11(9-15)2-1-3-11/h10,15H,1-5,7-9H2. The van der Waals surface area contributed by atoms with Gasteiger partial charge in [0.1, 0.15) is 0 Å². The average Bonchev–Trinajstić information content (AvgIpc) is 2.24. The third kappa shape index (κ3) is 2.47. The highest BCUT2D eigenvalue weighted by atomic mass is 32.1. The van der Waals surface area contributed by atoms with Gasteiger partial charge in [-0.15, -0.1) is 0 Å². The first-order valence-corrected chi connectivity index (χ1v) is 6.26. The number of nitriles is 1. The van der Waals surface area contributed by atoms with E-state index in [4.69, 9.17) is 10.00 Å². The van der Waals surface area contributed by atoms with E-state index in [9.17, 15) is 0 Å². The molecule has 1 aliphatic carbocycles. The Morgan fingerprint density at radius 1 is 1.53 bits per heavy atom. The molecule has 3 nitrogen and oxygen atoms in total. The number of nitrogens with zero attached hydrogens (tertiary/aromatic N) is 2. The highest BCUT2D eigenvalue weighted by Gasteiger charge is 2.38. The lowest BCUT2D eigenvalue weighted by molar-refractivity contribution is -0.0246. The van der Waals surface area contributed by atoms with E-state index < -0.39 is 0 Å². The number of hydrogen-bond donors (Lipinski definition) is 1. The van der Waals surface area contributed by atoms with Crippen molar-refractivity contribution < 1.29 is 4.74 Å². The summed E-state index contributed by atoms with van der Waals surface area (Å²) in [6.07, 6.45) is 3.71. The minimum atomic E-state index is -0.226. The van der Waals surface area contributed by atoms with Gasteiger partial charge in [0.15, 0.2) is 6.10 Å². The highest BCUT2D eigenvalue weighted by Crippen LogP contribution is 2.42. The van der Waals surface area contributed by atoms with Crippen LogP contribution < -0.4 is 0 Å². The summed E-state index contributed by atoms with van der Waals surface area (Å²) in [5.74, 6) is 0.974. The van der Waals surface area contributed by atoms with Crippen molar-refractivity contribution in [3.63, 3.8) is 0 Å². The summed E-state index contributed by atoms with van der Waals surface area (Å²) >= 11 is 4.45. The fraction of sp³-hybridized carbons (Fsp3) is 0.909. The molecule has 4 heteroatoms. The largest absolute Gasteiger partial charge is 0.361 e. The van der Waals surface area contributed by atoms with Gasteiger partial charge in [-0.2, -0.15) is 17.9 Å². The van der Waals surface area contributed by atoms with Gasteiger partial charge in [-0.25, -0.2) is 0 Å². The van der Waals surface area contributed by atoms with Crippen LogP contribution in [0, 0.1) is 16.7 Å². The monoisotopic (exact) mass is 226 g/mol. The average molecular weight is 226 g/mol. The molecule has 2 rings (SSSR count). The van der Waals surface area contributed by atoms with Gasteiger partial charge in [-0.3, -0.25) is 4.90 Å². The van der Waals surface area contributed by atoms with Gasteiger partial charge in [-0.05, 0) is 24.0 Å². The Labute approximate surface area is 96.8 Å². The summed E-state index contributed by atoms with van der Waals surface area (Å²) in [7, 11) is 0. The zero-order chi connectivity index (χ0) is 10.7. The van der Waals surface area contributed by atoms with Crippen LogP contribution >= 0.6 is 12.6 Å². The molecule has 1 unspecified atom stereocenters. The topological polar surface area (TPSA) is 36.3 Å². The summed E-state index contributed by atoms with van der Waals surface area (Å²) in [5, 5.41) is 8.82. The first-order chi connectivity index (χ1) is 7.28. The van der Waals surface area contributed by atoms with Gasteiger partial charge in [0.2, 0.25) is 0 Å². The van der Waals surface area contributed by atoms with E-state index in [1.54, 1.807) is 0 Å². The molecule has 0 aromatic rings. The fourth-order valence-electron chi connectivity index (χ4n) is 2.44. The molecule has 0 radical (unpaired) electrons. The van der Waals surface area contributed by atoms with Gasteiger partial charge in [-0.1, -0.05) is 6.42 Å². The summed E-state index contributed by atoms with van der Waals surface area (Å²) in [4.78, 5) is 2.37. The number of morpholine rings is 1. The van der Waals surface area contributed by atoms with Crippen LogP contribution in [0.25, 0.3) is 0 Å². The van der Waals surface area contributed by atoms with E-state index >= 15 is 0 Å². The van der Waals surface area contributed by atoms with Crippen LogP contribution in [-0.4, -0.2) is 43.0 Å². The van der Waals surface area contributed by atoms with Crippen LogP contribution in [0.5, 0.6) is 0 Å². The first-order valence-electron chi connectivity index (χ1n) is 5.62. The van der Waals surface area contributed by atoms with Crippen molar-refractivity contribution in [3.8, 4) is 6.07 Å². The van der Waals surface area contributed by atoms with Gasteiger partial charge in [0.05, 0.1) is 12.7 Å². The molecule has 1 aliphatic heterocycles. The van der Waals surface area contributed by atoms with E-state index in [0.29, 0.717) is 12.0 Å². The Bertz CT molecular complexity index is 254. The second-order valence-corrected chi connectivity index (χ2v) is 5.05. The second kappa shape index (κ2) is 4.73. The van der Waals surface area contributed by atoms with Crippen molar-refractivity contribution in [3.05, 3.63) is 0 Å². The summed E-state index contributed by atoms with van der Waals surface area (Å²) in [5.41, 5.74) is 0.431. The fourth-order valence-corrected chi connectivity index (χ4v) is 2.86. The molecular formula is C11H18N2OS. The molecule has 0 N–H and O–H groups in total. The maximum absolute atomic E-state index is 8.82. The third-order valence-corrected chi connectivity index (χ3v) is 4.27. The van der Waals surface area contributed by atoms with Crippen molar-refractivity contribution >= 4 is 12.6 Å². The molecule has 1 saturated carbocycles. The van der Waals surface area contributed by atoms with Crippen molar-refractivity contribution in [1.29, 1.82) is 5.26 Å². The summed E-state index contributed by atoms with van der Waals surface area (Å²) in [6, 6.07) is 2.19. The summed E-state index contributed by atoms with van der Waals surface area (Å²) in [6.45, 7) is 3.53. The van der Waals surface area contributed by atoms with Crippen molar-refractivity contribution in [2.24, 2.45) is 5.41 Å². The lowest BCUT2D eigenvalue weighted by Crippen LogP contribution is -2.49. The SMILES string of the molecule is N#CC1CN(CC2(CS)CCC2)CCO1. The molecule has 1 heterocycles. The summed E-state index contributed by atoms with van der Waals surface area (Å²) < 4.78 is 5.34. The highest BCUT2D eigenvalue weighted by molar-refractivity contribution is 7.80. The van der Waals surface area contributed by atoms with Gasteiger partial charge < -0.3 is 4.74 Å². The Hall–Kier alpha value is -0.240. The molecule has 0 aromatic heterocycles. The van der Waals surface area contributed by atoms with Crippen LogP contribution in [0.3, 0.4) is 0 Å². The van der Waals surface area contributed by atoms with E-state index in [0.717, 1.165) is 25.4 Å². The van der Waals surface area contributed by atoms with Crippen molar-refractivity contribution in [2.45, 2.75) is 25.4 Å². The molecular weight excluding hydrogens is 208 g/mol. The van der Waals surface area contributed by atoms with E-state index in [1.807, 2.05) is 0 Å². The molecule has 0 spiro atoms. The van der Waals surface area contributed by atoms with Crippen molar-refractivity contribution in [2.75, 3.05) is 32.0 Å². The molecule has 84 valence electrons. The zero-order valence-electron chi connectivity index (χ0n) is 8.98. The number of thiol groups is 1. The number of hydrogen-bond acceptors (Lipinski definition) is 4. The predicted molar refractivity (Wildman–Crippen MR) is 61.9 cm³/mol. The first kappa shape index (κ1) is 11.3. The van der Waals surface area contributed by atoms with E-state index in [-0.39, 0.29) is 6.10 Å². The second-order valence-electron chi connectivity index (χ2n) is 4.74. The van der Waals surface area contributed by atoms with Crippen LogP contribution in [0.4, 0.5) is 0 Å². The van der Waals surface area contributed by atoms with Crippen LogP contribution in [0.15, 0.2) is 0 Å². The van der Waals surface area contributed by atoms with Gasteiger partial charge in [0.25, 0.3) is 0 Å². The molecule has 1 saturated heterocycles. The molecule has 0 amide bonds. The molecule has 1 atom stereocenters. The predicted octanol–water partition coefficient (Wildman–Crippen LogP) is 1.31. The molecule has 0 aromatic carbocycles. The van der Waals surface area contributed by atoms with Crippen molar-refractivity contribution in [1.82, 2.24) is 4.90 Å². The van der Waals surface area contributed by atoms with E-state index in [1.165, 1.54) is 19.3 Å². The Balaban J connectivity index is 1.86. The van der Waals surface area contributed by atoms with Gasteiger partial charge in [0, 0.05) is 19.6 Å². The minimum absolute atomic E-state index is 0.226. The Morgan fingerprint density at radius 3 is 2.87 bits per heavy atom.